The monoisotopic (exact) mass is 260 g/mol. The molecule has 101 valence electrons. The van der Waals surface area contributed by atoms with Crippen molar-refractivity contribution in [2.75, 3.05) is 11.9 Å². The zero-order valence-corrected chi connectivity index (χ0v) is 10.1. The molecule has 0 aromatic heterocycles. The molecule has 0 amide bonds. The average Bonchev–Trinajstić information content (AvgIpc) is 2.29. The van der Waals surface area contributed by atoms with Crippen molar-refractivity contribution in [1.29, 1.82) is 0 Å². The lowest BCUT2D eigenvalue weighted by Crippen LogP contribution is -2.17. The summed E-state index contributed by atoms with van der Waals surface area (Å²) in [6.07, 6.45) is -0.477. The first kappa shape index (κ1) is 14.7. The summed E-state index contributed by atoms with van der Waals surface area (Å²) in [6.45, 7) is 4.56. The molecule has 0 aliphatic carbocycles. The molecule has 1 aromatic carbocycles. The minimum Gasteiger partial charge on any atom is -0.406 e. The number of rotatable bonds is 7. The fourth-order valence-electron chi connectivity index (χ4n) is 1.49. The lowest BCUT2D eigenvalue weighted by Gasteiger charge is -2.10. The fourth-order valence-corrected chi connectivity index (χ4v) is 1.49. The fraction of sp³-hybridized carbons (Fsp3) is 0.462. The molecule has 0 aliphatic rings. The van der Waals surface area contributed by atoms with Gasteiger partial charge < -0.3 is 10.1 Å². The van der Waals surface area contributed by atoms with E-state index in [1.165, 1.54) is 12.1 Å². The van der Waals surface area contributed by atoms with Crippen molar-refractivity contribution in [3.8, 4) is 5.75 Å². The summed E-state index contributed by atoms with van der Waals surface area (Å²) in [5, 5.41) is 3.14. The van der Waals surface area contributed by atoms with Crippen molar-refractivity contribution in [3.63, 3.8) is 0 Å². The predicted octanol–water partition coefficient (Wildman–Crippen LogP) is 4.39. The first-order valence-corrected chi connectivity index (χ1v) is 5.90. The molecule has 1 aromatic rings. The highest BCUT2D eigenvalue weighted by Gasteiger charge is 2.30. The van der Waals surface area contributed by atoms with E-state index in [1.807, 2.05) is 0 Å². The SMILES string of the molecule is [CH2]CCCCCNc1ccc(OC(F)(F)F)cc1. The predicted molar refractivity (Wildman–Crippen MR) is 65.4 cm³/mol. The van der Waals surface area contributed by atoms with Crippen LogP contribution in [0.2, 0.25) is 0 Å². The number of anilines is 1. The van der Waals surface area contributed by atoms with E-state index >= 15 is 0 Å². The normalized spacial score (nSPS) is 11.3. The van der Waals surface area contributed by atoms with Gasteiger partial charge in [0.05, 0.1) is 0 Å². The number of nitrogens with one attached hydrogen (secondary N) is 1. The molecule has 1 N–H and O–H groups in total. The third kappa shape index (κ3) is 6.37. The van der Waals surface area contributed by atoms with E-state index in [2.05, 4.69) is 17.0 Å². The van der Waals surface area contributed by atoms with Crippen LogP contribution in [0.1, 0.15) is 25.7 Å². The third-order valence-corrected chi connectivity index (χ3v) is 2.34. The topological polar surface area (TPSA) is 21.3 Å². The van der Waals surface area contributed by atoms with Gasteiger partial charge in [0.15, 0.2) is 0 Å². The van der Waals surface area contributed by atoms with Crippen LogP contribution in [0.15, 0.2) is 24.3 Å². The van der Waals surface area contributed by atoms with Gasteiger partial charge >= 0.3 is 6.36 Å². The van der Waals surface area contributed by atoms with E-state index in [1.54, 1.807) is 12.1 Å². The summed E-state index contributed by atoms with van der Waals surface area (Å²) in [6, 6.07) is 5.74. The third-order valence-electron chi connectivity index (χ3n) is 2.34. The Bertz CT molecular complexity index is 335. The van der Waals surface area contributed by atoms with E-state index in [0.29, 0.717) is 0 Å². The van der Waals surface area contributed by atoms with Gasteiger partial charge in [0.2, 0.25) is 0 Å². The molecule has 5 heteroatoms. The molecule has 0 bridgehead atoms. The van der Waals surface area contributed by atoms with E-state index in [4.69, 9.17) is 0 Å². The van der Waals surface area contributed by atoms with Gasteiger partial charge in [0.1, 0.15) is 5.75 Å². The number of hydrogen-bond donors (Lipinski definition) is 1. The van der Waals surface area contributed by atoms with Gasteiger partial charge in [-0.3, -0.25) is 0 Å². The minimum absolute atomic E-state index is 0.204. The number of halogens is 3. The van der Waals surface area contributed by atoms with Crippen molar-refractivity contribution in [1.82, 2.24) is 0 Å². The minimum atomic E-state index is -4.64. The van der Waals surface area contributed by atoms with Crippen molar-refractivity contribution in [2.45, 2.75) is 32.0 Å². The lowest BCUT2D eigenvalue weighted by atomic mass is 10.2. The van der Waals surface area contributed by atoms with Gasteiger partial charge in [-0.1, -0.05) is 26.2 Å². The maximum absolute atomic E-state index is 11.9. The number of alkyl halides is 3. The molecule has 0 fully saturated rings. The number of hydrogen-bond acceptors (Lipinski definition) is 2. The molecule has 1 rings (SSSR count). The number of ether oxygens (including phenoxy) is 1. The van der Waals surface area contributed by atoms with Crippen molar-refractivity contribution in [2.24, 2.45) is 0 Å². The van der Waals surface area contributed by atoms with Gasteiger partial charge in [-0.25, -0.2) is 0 Å². The van der Waals surface area contributed by atoms with E-state index < -0.39 is 6.36 Å². The maximum atomic E-state index is 11.9. The Hall–Kier alpha value is -1.39. The van der Waals surface area contributed by atoms with Crippen LogP contribution in [0.3, 0.4) is 0 Å². The van der Waals surface area contributed by atoms with Gasteiger partial charge in [-0.05, 0) is 30.7 Å². The van der Waals surface area contributed by atoms with Gasteiger partial charge in [0, 0.05) is 12.2 Å². The molecule has 0 atom stereocenters. The molecule has 2 nitrogen and oxygen atoms in total. The van der Waals surface area contributed by atoms with Crippen molar-refractivity contribution >= 4 is 5.69 Å². The Labute approximate surface area is 105 Å². The molecule has 0 aliphatic heterocycles. The summed E-state index contributed by atoms with van der Waals surface area (Å²) >= 11 is 0. The largest absolute Gasteiger partial charge is 0.573 e. The second-order valence-corrected chi connectivity index (χ2v) is 3.91. The molecule has 1 radical (unpaired) electrons. The van der Waals surface area contributed by atoms with Gasteiger partial charge in [-0.2, -0.15) is 0 Å². The van der Waals surface area contributed by atoms with Crippen LogP contribution in [-0.4, -0.2) is 12.9 Å². The average molecular weight is 260 g/mol. The second-order valence-electron chi connectivity index (χ2n) is 3.91. The smallest absolute Gasteiger partial charge is 0.406 e. The van der Waals surface area contributed by atoms with Crippen LogP contribution in [0, 0.1) is 6.92 Å². The highest BCUT2D eigenvalue weighted by molar-refractivity contribution is 5.46. The van der Waals surface area contributed by atoms with Crippen LogP contribution >= 0.6 is 0 Å². The van der Waals surface area contributed by atoms with Crippen LogP contribution in [0.4, 0.5) is 18.9 Å². The highest BCUT2D eigenvalue weighted by Crippen LogP contribution is 2.23. The maximum Gasteiger partial charge on any atom is 0.573 e. The summed E-state index contributed by atoms with van der Waals surface area (Å²) in [7, 11) is 0. The lowest BCUT2D eigenvalue weighted by molar-refractivity contribution is -0.274. The highest BCUT2D eigenvalue weighted by atomic mass is 19.4. The molecule has 0 saturated heterocycles. The Balaban J connectivity index is 2.32. The van der Waals surface area contributed by atoms with Crippen LogP contribution in [0.25, 0.3) is 0 Å². The summed E-state index contributed by atoms with van der Waals surface area (Å²) in [4.78, 5) is 0. The summed E-state index contributed by atoms with van der Waals surface area (Å²) in [5.74, 6) is -0.204. The van der Waals surface area contributed by atoms with Gasteiger partial charge in [-0.15, -0.1) is 13.2 Å². The molecule has 0 heterocycles. The quantitative estimate of drug-likeness (QED) is 0.734. The zero-order chi connectivity index (χ0) is 13.4. The van der Waals surface area contributed by atoms with E-state index in [-0.39, 0.29) is 5.75 Å². The Kier molecular flexibility index (Phi) is 5.82. The number of unbranched alkanes of at least 4 members (excludes halogenated alkanes) is 3. The van der Waals surface area contributed by atoms with Crippen LogP contribution < -0.4 is 10.1 Å². The van der Waals surface area contributed by atoms with Crippen LogP contribution in [0.5, 0.6) is 5.75 Å². The van der Waals surface area contributed by atoms with Crippen LogP contribution in [-0.2, 0) is 0 Å². The Morgan fingerprint density at radius 1 is 1.06 bits per heavy atom. The Morgan fingerprint density at radius 2 is 1.72 bits per heavy atom. The standard InChI is InChI=1S/C13H17F3NO/c1-2-3-4-5-10-17-11-6-8-12(9-7-11)18-13(14,15)16/h6-9,17H,1-5,10H2. The zero-order valence-electron chi connectivity index (χ0n) is 10.1. The van der Waals surface area contributed by atoms with E-state index in [9.17, 15) is 13.2 Å². The van der Waals surface area contributed by atoms with Gasteiger partial charge in [0.25, 0.3) is 0 Å². The molecule has 0 spiro atoms. The first-order valence-electron chi connectivity index (χ1n) is 5.90. The molecule has 18 heavy (non-hydrogen) atoms. The molecular formula is C13H17F3NO. The Morgan fingerprint density at radius 3 is 2.28 bits per heavy atom. The van der Waals surface area contributed by atoms with Crippen molar-refractivity contribution in [3.05, 3.63) is 31.2 Å². The number of benzene rings is 1. The second kappa shape index (κ2) is 7.13. The summed E-state index contributed by atoms with van der Waals surface area (Å²) in [5.41, 5.74) is 0.791. The molecule has 0 unspecified atom stereocenters. The van der Waals surface area contributed by atoms with Crippen molar-refractivity contribution < 1.29 is 17.9 Å². The molecular weight excluding hydrogens is 243 g/mol. The van der Waals surface area contributed by atoms with E-state index in [0.717, 1.165) is 37.9 Å². The summed E-state index contributed by atoms with van der Waals surface area (Å²) < 4.78 is 39.5. The first-order chi connectivity index (χ1) is 8.51. The molecule has 0 saturated carbocycles.